The number of ether oxygens (including phenoxy) is 1. The summed E-state index contributed by atoms with van der Waals surface area (Å²) in [5.41, 5.74) is 16.1. The first kappa shape index (κ1) is 18.7. The summed E-state index contributed by atoms with van der Waals surface area (Å²) in [6.45, 7) is 6.70. The maximum absolute atomic E-state index is 6.10. The first-order chi connectivity index (χ1) is 13.9. The first-order valence-electron chi connectivity index (χ1n) is 9.49. The van der Waals surface area contributed by atoms with Gasteiger partial charge in [0.25, 0.3) is 0 Å². The van der Waals surface area contributed by atoms with Gasteiger partial charge in [-0.25, -0.2) is 15.0 Å². The number of nitrogen functional groups attached to an aromatic ring is 2. The third kappa shape index (κ3) is 3.99. The van der Waals surface area contributed by atoms with Gasteiger partial charge in [-0.2, -0.15) is 0 Å². The number of imidazole rings is 1. The lowest BCUT2D eigenvalue weighted by molar-refractivity contribution is 0.200. The standard InChI is InChI=1S/C22H24N6O/c1-13-5-4-6-17(9-13)29-14(2)12-28-15(3)25-19-8-7-18(26-22(19)28)16-10-20(23)27-21(24)11-16/h4-11,14H,12H2,1-3H3,(H4,23,24,27). The summed E-state index contributed by atoms with van der Waals surface area (Å²) in [5, 5.41) is 0. The molecule has 4 rings (SSSR count). The fourth-order valence-electron chi connectivity index (χ4n) is 3.43. The number of anilines is 2. The summed E-state index contributed by atoms with van der Waals surface area (Å²) in [7, 11) is 0. The van der Waals surface area contributed by atoms with Gasteiger partial charge in [0.15, 0.2) is 5.65 Å². The van der Waals surface area contributed by atoms with E-state index in [0.29, 0.717) is 18.2 Å². The third-order valence-corrected chi connectivity index (χ3v) is 4.71. The van der Waals surface area contributed by atoms with Gasteiger partial charge in [-0.1, -0.05) is 12.1 Å². The zero-order valence-electron chi connectivity index (χ0n) is 16.8. The number of aromatic nitrogens is 4. The minimum Gasteiger partial charge on any atom is -0.489 e. The second-order valence-electron chi connectivity index (χ2n) is 7.26. The van der Waals surface area contributed by atoms with E-state index in [1.807, 2.05) is 44.2 Å². The lowest BCUT2D eigenvalue weighted by atomic mass is 10.1. The fraction of sp³-hybridized carbons (Fsp3) is 0.227. The highest BCUT2D eigenvalue weighted by Gasteiger charge is 2.15. The molecule has 3 heterocycles. The highest BCUT2D eigenvalue weighted by molar-refractivity contribution is 5.77. The van der Waals surface area contributed by atoms with Crippen LogP contribution in [0.15, 0.2) is 48.5 Å². The van der Waals surface area contributed by atoms with Gasteiger partial charge in [0.05, 0.1) is 12.2 Å². The van der Waals surface area contributed by atoms with Gasteiger partial charge < -0.3 is 20.8 Å². The molecule has 1 atom stereocenters. The molecular formula is C22H24N6O. The van der Waals surface area contributed by atoms with Crippen molar-refractivity contribution < 1.29 is 4.74 Å². The summed E-state index contributed by atoms with van der Waals surface area (Å²) in [4.78, 5) is 13.5. The molecule has 0 saturated heterocycles. The SMILES string of the molecule is Cc1cccc(OC(C)Cn2c(C)nc3ccc(-c4cc(N)nc(N)c4)nc32)c1. The van der Waals surface area contributed by atoms with Crippen molar-refractivity contribution in [2.45, 2.75) is 33.4 Å². The van der Waals surface area contributed by atoms with Crippen LogP contribution in [0.2, 0.25) is 0 Å². The highest BCUT2D eigenvalue weighted by Crippen LogP contribution is 2.25. The minimum absolute atomic E-state index is 0.0504. The van der Waals surface area contributed by atoms with Crippen LogP contribution >= 0.6 is 0 Å². The second-order valence-corrected chi connectivity index (χ2v) is 7.26. The van der Waals surface area contributed by atoms with Crippen LogP contribution in [0, 0.1) is 13.8 Å². The molecule has 0 aliphatic rings. The van der Waals surface area contributed by atoms with E-state index in [4.69, 9.17) is 21.2 Å². The summed E-state index contributed by atoms with van der Waals surface area (Å²) in [5.74, 6) is 2.48. The van der Waals surface area contributed by atoms with E-state index >= 15 is 0 Å². The Balaban J connectivity index is 1.66. The second kappa shape index (κ2) is 7.43. The van der Waals surface area contributed by atoms with Crippen molar-refractivity contribution in [2.75, 3.05) is 11.5 Å². The van der Waals surface area contributed by atoms with Crippen LogP contribution in [0.5, 0.6) is 5.75 Å². The Labute approximate surface area is 169 Å². The minimum atomic E-state index is -0.0504. The maximum atomic E-state index is 6.10. The molecule has 4 N–H and O–H groups in total. The van der Waals surface area contributed by atoms with Crippen LogP contribution in [0.1, 0.15) is 18.3 Å². The molecule has 0 bridgehead atoms. The van der Waals surface area contributed by atoms with E-state index in [-0.39, 0.29) is 6.10 Å². The van der Waals surface area contributed by atoms with Crippen LogP contribution in [0.4, 0.5) is 11.6 Å². The number of hydrogen-bond acceptors (Lipinski definition) is 6. The van der Waals surface area contributed by atoms with E-state index in [1.165, 1.54) is 5.56 Å². The molecule has 148 valence electrons. The van der Waals surface area contributed by atoms with Crippen LogP contribution < -0.4 is 16.2 Å². The Kier molecular flexibility index (Phi) is 4.80. The summed E-state index contributed by atoms with van der Waals surface area (Å²) in [6.07, 6.45) is -0.0504. The molecule has 0 aliphatic carbocycles. The molecule has 29 heavy (non-hydrogen) atoms. The van der Waals surface area contributed by atoms with Crippen molar-refractivity contribution >= 4 is 22.8 Å². The maximum Gasteiger partial charge on any atom is 0.160 e. The third-order valence-electron chi connectivity index (χ3n) is 4.71. The number of rotatable bonds is 5. The molecule has 3 aromatic heterocycles. The van der Waals surface area contributed by atoms with Crippen molar-refractivity contribution in [3.05, 3.63) is 59.9 Å². The van der Waals surface area contributed by atoms with Gasteiger partial charge >= 0.3 is 0 Å². The van der Waals surface area contributed by atoms with Gasteiger partial charge in [0.1, 0.15) is 34.8 Å². The average molecular weight is 388 g/mol. The van der Waals surface area contributed by atoms with E-state index in [2.05, 4.69) is 27.5 Å². The molecule has 0 saturated carbocycles. The van der Waals surface area contributed by atoms with E-state index in [9.17, 15) is 0 Å². The van der Waals surface area contributed by atoms with Crippen LogP contribution in [0.3, 0.4) is 0 Å². The Morgan fingerprint density at radius 1 is 0.966 bits per heavy atom. The summed E-state index contributed by atoms with van der Waals surface area (Å²) in [6, 6.07) is 15.5. The van der Waals surface area contributed by atoms with Crippen molar-refractivity contribution in [3.8, 4) is 17.0 Å². The van der Waals surface area contributed by atoms with Gasteiger partial charge in [-0.15, -0.1) is 0 Å². The zero-order valence-corrected chi connectivity index (χ0v) is 16.8. The number of benzene rings is 1. The van der Waals surface area contributed by atoms with E-state index < -0.39 is 0 Å². The Morgan fingerprint density at radius 2 is 1.72 bits per heavy atom. The smallest absolute Gasteiger partial charge is 0.160 e. The molecule has 0 spiro atoms. The van der Waals surface area contributed by atoms with Gasteiger partial charge in [-0.3, -0.25) is 0 Å². The van der Waals surface area contributed by atoms with Crippen molar-refractivity contribution in [1.29, 1.82) is 0 Å². The molecule has 0 radical (unpaired) electrons. The number of nitrogens with zero attached hydrogens (tertiary/aromatic N) is 4. The number of pyridine rings is 2. The molecule has 7 heteroatoms. The number of fused-ring (bicyclic) bond motifs is 1. The predicted octanol–water partition coefficient (Wildman–Crippen LogP) is 3.74. The monoisotopic (exact) mass is 388 g/mol. The predicted molar refractivity (Wildman–Crippen MR) is 116 cm³/mol. The summed E-state index contributed by atoms with van der Waals surface area (Å²) >= 11 is 0. The highest BCUT2D eigenvalue weighted by atomic mass is 16.5. The van der Waals surface area contributed by atoms with Crippen LogP contribution in [-0.4, -0.2) is 25.6 Å². The molecule has 1 unspecified atom stereocenters. The fourth-order valence-corrected chi connectivity index (χ4v) is 3.43. The van der Waals surface area contributed by atoms with Crippen LogP contribution in [0.25, 0.3) is 22.4 Å². The number of aryl methyl sites for hydroxylation is 2. The van der Waals surface area contributed by atoms with E-state index in [0.717, 1.165) is 34.0 Å². The average Bonchev–Trinajstić information content (AvgIpc) is 2.95. The number of nitrogens with two attached hydrogens (primary N) is 2. The topological polar surface area (TPSA) is 105 Å². The largest absolute Gasteiger partial charge is 0.489 e. The Hall–Kier alpha value is -3.61. The van der Waals surface area contributed by atoms with E-state index in [1.54, 1.807) is 12.1 Å². The lowest BCUT2D eigenvalue weighted by Gasteiger charge is -2.17. The Bertz CT molecular complexity index is 1160. The normalized spacial score (nSPS) is 12.2. The zero-order chi connectivity index (χ0) is 20.5. The van der Waals surface area contributed by atoms with Crippen molar-refractivity contribution in [2.24, 2.45) is 0 Å². The summed E-state index contributed by atoms with van der Waals surface area (Å²) < 4.78 is 8.18. The molecule has 0 aliphatic heterocycles. The van der Waals surface area contributed by atoms with Gasteiger partial charge in [-0.05, 0) is 62.7 Å². The number of hydrogen-bond donors (Lipinski definition) is 2. The molecule has 1 aromatic carbocycles. The quantitative estimate of drug-likeness (QED) is 0.539. The first-order valence-corrected chi connectivity index (χ1v) is 9.49. The molecule has 4 aromatic rings. The lowest BCUT2D eigenvalue weighted by Crippen LogP contribution is -2.20. The molecular weight excluding hydrogens is 364 g/mol. The molecule has 0 amide bonds. The molecule has 0 fully saturated rings. The molecule has 7 nitrogen and oxygen atoms in total. The van der Waals surface area contributed by atoms with Gasteiger partial charge in [0.2, 0.25) is 0 Å². The van der Waals surface area contributed by atoms with Crippen molar-refractivity contribution in [1.82, 2.24) is 19.5 Å². The van der Waals surface area contributed by atoms with Gasteiger partial charge in [0, 0.05) is 5.56 Å². The Morgan fingerprint density at radius 3 is 2.45 bits per heavy atom. The van der Waals surface area contributed by atoms with Crippen molar-refractivity contribution in [3.63, 3.8) is 0 Å². The van der Waals surface area contributed by atoms with Crippen LogP contribution in [-0.2, 0) is 6.54 Å².